The summed E-state index contributed by atoms with van der Waals surface area (Å²) >= 11 is 0.563. The van der Waals surface area contributed by atoms with Crippen molar-refractivity contribution in [2.75, 3.05) is 0 Å². The molecule has 0 saturated heterocycles. The van der Waals surface area contributed by atoms with Gasteiger partial charge in [-0.2, -0.15) is 13.2 Å². The van der Waals surface area contributed by atoms with Crippen LogP contribution < -0.4 is 5.73 Å². The van der Waals surface area contributed by atoms with Gasteiger partial charge in [0.25, 0.3) is 0 Å². The van der Waals surface area contributed by atoms with E-state index in [0.717, 1.165) is 0 Å². The monoisotopic (exact) mass is 276 g/mol. The lowest BCUT2D eigenvalue weighted by Crippen LogP contribution is -2.11. The number of hydrogen-bond donors (Lipinski definition) is 1. The second kappa shape index (κ2) is 4.74. The molecule has 0 fully saturated rings. The van der Waals surface area contributed by atoms with Gasteiger partial charge in [-0.05, 0) is 6.07 Å². The van der Waals surface area contributed by atoms with E-state index < -0.39 is 17.2 Å². The minimum atomic E-state index is -4.42. The molecule has 2 aromatic heterocycles. The zero-order chi connectivity index (χ0) is 13.3. The van der Waals surface area contributed by atoms with Crippen LogP contribution >= 0.6 is 11.3 Å². The molecule has 0 aromatic carbocycles. The molecular formula is C11H11F3N2OS. The van der Waals surface area contributed by atoms with E-state index in [9.17, 15) is 13.2 Å². The fourth-order valence-corrected chi connectivity index (χ4v) is 2.43. The molecule has 0 amide bonds. The minimum Gasteiger partial charge on any atom is -0.469 e. The molecular weight excluding hydrogens is 265 g/mol. The number of aryl methyl sites for hydroxylation is 1. The first-order chi connectivity index (χ1) is 8.43. The Morgan fingerprint density at radius 3 is 2.78 bits per heavy atom. The first-order valence-corrected chi connectivity index (χ1v) is 6.10. The molecule has 0 saturated carbocycles. The van der Waals surface area contributed by atoms with E-state index in [-0.39, 0.29) is 0 Å². The third-order valence-corrected chi connectivity index (χ3v) is 3.63. The highest BCUT2D eigenvalue weighted by Gasteiger charge is 2.35. The Morgan fingerprint density at radius 1 is 1.50 bits per heavy atom. The number of thiazole rings is 1. The summed E-state index contributed by atoms with van der Waals surface area (Å²) in [6.45, 7) is 1.89. The highest BCUT2D eigenvalue weighted by Crippen LogP contribution is 2.35. The SMILES string of the molecule is CCc1occc1C(N)c1cnc(C(F)(F)F)s1. The van der Waals surface area contributed by atoms with Crippen molar-refractivity contribution in [3.05, 3.63) is 39.7 Å². The predicted molar refractivity (Wildman–Crippen MR) is 61.2 cm³/mol. The van der Waals surface area contributed by atoms with Crippen molar-refractivity contribution in [1.29, 1.82) is 0 Å². The van der Waals surface area contributed by atoms with Gasteiger partial charge in [0.05, 0.1) is 12.3 Å². The second-order valence-corrected chi connectivity index (χ2v) is 4.76. The van der Waals surface area contributed by atoms with Gasteiger partial charge < -0.3 is 10.2 Å². The molecule has 0 aliphatic carbocycles. The van der Waals surface area contributed by atoms with Crippen LogP contribution in [0, 0.1) is 0 Å². The van der Waals surface area contributed by atoms with E-state index in [0.29, 0.717) is 34.0 Å². The summed E-state index contributed by atoms with van der Waals surface area (Å²) in [7, 11) is 0. The van der Waals surface area contributed by atoms with Gasteiger partial charge in [-0.3, -0.25) is 0 Å². The first kappa shape index (κ1) is 13.1. The van der Waals surface area contributed by atoms with Crippen LogP contribution in [0.2, 0.25) is 0 Å². The third-order valence-electron chi connectivity index (χ3n) is 2.51. The molecule has 18 heavy (non-hydrogen) atoms. The lowest BCUT2D eigenvalue weighted by atomic mass is 10.1. The Hall–Kier alpha value is -1.34. The van der Waals surface area contributed by atoms with E-state index in [1.807, 2.05) is 6.92 Å². The topological polar surface area (TPSA) is 52.0 Å². The summed E-state index contributed by atoms with van der Waals surface area (Å²) in [4.78, 5) is 3.73. The molecule has 2 N–H and O–H groups in total. The molecule has 1 atom stereocenters. The maximum Gasteiger partial charge on any atom is 0.443 e. The molecule has 0 spiro atoms. The van der Waals surface area contributed by atoms with Crippen LogP contribution in [0.15, 0.2) is 22.9 Å². The van der Waals surface area contributed by atoms with Crippen molar-refractivity contribution in [3.63, 3.8) is 0 Å². The molecule has 2 aromatic rings. The normalized spacial score (nSPS) is 13.8. The molecule has 7 heteroatoms. The van der Waals surface area contributed by atoms with Crippen LogP contribution in [0.4, 0.5) is 13.2 Å². The van der Waals surface area contributed by atoms with Gasteiger partial charge in [-0.25, -0.2) is 4.98 Å². The van der Waals surface area contributed by atoms with E-state index in [2.05, 4.69) is 4.98 Å². The number of alkyl halides is 3. The average molecular weight is 276 g/mol. The van der Waals surface area contributed by atoms with Crippen molar-refractivity contribution in [3.8, 4) is 0 Å². The van der Waals surface area contributed by atoms with Gasteiger partial charge in [-0.1, -0.05) is 6.92 Å². The molecule has 98 valence electrons. The molecule has 2 heterocycles. The molecule has 3 nitrogen and oxygen atoms in total. The smallest absolute Gasteiger partial charge is 0.443 e. The number of furan rings is 1. The summed E-state index contributed by atoms with van der Waals surface area (Å²) in [5.74, 6) is 0.685. The van der Waals surface area contributed by atoms with Crippen LogP contribution in [-0.2, 0) is 12.6 Å². The lowest BCUT2D eigenvalue weighted by molar-refractivity contribution is -0.137. The summed E-state index contributed by atoms with van der Waals surface area (Å²) in [6, 6.07) is 1.04. The van der Waals surface area contributed by atoms with E-state index in [1.54, 1.807) is 6.07 Å². The molecule has 0 aliphatic heterocycles. The summed E-state index contributed by atoms with van der Waals surface area (Å²) < 4.78 is 42.5. The quantitative estimate of drug-likeness (QED) is 0.935. The highest BCUT2D eigenvalue weighted by molar-refractivity contribution is 7.11. The van der Waals surface area contributed by atoms with Gasteiger partial charge >= 0.3 is 6.18 Å². The molecule has 0 radical (unpaired) electrons. The molecule has 0 aliphatic rings. The number of nitrogens with two attached hydrogens (primary N) is 1. The predicted octanol–water partition coefficient (Wildman–Crippen LogP) is 3.37. The Morgan fingerprint density at radius 2 is 2.22 bits per heavy atom. The number of nitrogens with zero attached hydrogens (tertiary/aromatic N) is 1. The van der Waals surface area contributed by atoms with Crippen molar-refractivity contribution in [1.82, 2.24) is 4.98 Å². The van der Waals surface area contributed by atoms with E-state index >= 15 is 0 Å². The fraction of sp³-hybridized carbons (Fsp3) is 0.364. The average Bonchev–Trinajstić information content (AvgIpc) is 2.96. The van der Waals surface area contributed by atoms with Gasteiger partial charge in [0.2, 0.25) is 0 Å². The molecule has 2 rings (SSSR count). The minimum absolute atomic E-state index is 0.374. The number of halogens is 3. The zero-order valence-corrected chi connectivity index (χ0v) is 10.3. The maximum atomic E-state index is 12.4. The van der Waals surface area contributed by atoms with E-state index in [4.69, 9.17) is 10.2 Å². The van der Waals surface area contributed by atoms with Crippen LogP contribution in [0.25, 0.3) is 0 Å². The summed E-state index contributed by atoms with van der Waals surface area (Å²) in [5, 5.41) is -0.880. The Bertz CT molecular complexity index is 532. The van der Waals surface area contributed by atoms with Crippen molar-refractivity contribution in [2.45, 2.75) is 25.6 Å². The van der Waals surface area contributed by atoms with Crippen molar-refractivity contribution in [2.24, 2.45) is 5.73 Å². The lowest BCUT2D eigenvalue weighted by Gasteiger charge is -2.08. The van der Waals surface area contributed by atoms with Crippen LogP contribution in [0.1, 0.15) is 34.2 Å². The van der Waals surface area contributed by atoms with Gasteiger partial charge in [-0.15, -0.1) is 11.3 Å². The fourth-order valence-electron chi connectivity index (χ4n) is 1.63. The summed E-state index contributed by atoms with van der Waals surface area (Å²) in [5.41, 5.74) is 6.64. The number of rotatable bonds is 3. The van der Waals surface area contributed by atoms with Crippen molar-refractivity contribution >= 4 is 11.3 Å². The van der Waals surface area contributed by atoms with Gasteiger partial charge in [0.1, 0.15) is 5.76 Å². The molecule has 0 bridgehead atoms. The van der Waals surface area contributed by atoms with Crippen LogP contribution in [-0.4, -0.2) is 4.98 Å². The zero-order valence-electron chi connectivity index (χ0n) is 9.49. The Kier molecular flexibility index (Phi) is 3.45. The van der Waals surface area contributed by atoms with Gasteiger partial charge in [0, 0.05) is 23.1 Å². The van der Waals surface area contributed by atoms with E-state index in [1.165, 1.54) is 12.5 Å². The summed E-state index contributed by atoms with van der Waals surface area (Å²) in [6.07, 6.45) is -1.13. The third kappa shape index (κ3) is 2.41. The Balaban J connectivity index is 2.29. The van der Waals surface area contributed by atoms with Crippen LogP contribution in [0.5, 0.6) is 0 Å². The second-order valence-electron chi connectivity index (χ2n) is 3.70. The standard InChI is InChI=1S/C11H11F3N2OS/c1-2-7-6(3-4-17-7)9(15)8-5-16-10(18-8)11(12,13)14/h3-5,9H,2,15H2,1H3. The largest absolute Gasteiger partial charge is 0.469 e. The highest BCUT2D eigenvalue weighted by atomic mass is 32.1. The van der Waals surface area contributed by atoms with Crippen molar-refractivity contribution < 1.29 is 17.6 Å². The van der Waals surface area contributed by atoms with Gasteiger partial charge in [0.15, 0.2) is 5.01 Å². The Labute approximate surface area is 105 Å². The molecule has 1 unspecified atom stereocenters. The first-order valence-electron chi connectivity index (χ1n) is 5.28. The maximum absolute atomic E-state index is 12.4. The van der Waals surface area contributed by atoms with Crippen LogP contribution in [0.3, 0.4) is 0 Å². The number of aromatic nitrogens is 1. The number of hydrogen-bond acceptors (Lipinski definition) is 4.